The number of nitrogens with one attached hydrogen (secondary N) is 1. The van der Waals surface area contributed by atoms with Gasteiger partial charge in [0.25, 0.3) is 5.91 Å². The molecule has 0 saturated carbocycles. The van der Waals surface area contributed by atoms with Crippen LogP contribution in [0.3, 0.4) is 0 Å². The number of ether oxygens (including phenoxy) is 1. The van der Waals surface area contributed by atoms with Crippen molar-refractivity contribution in [2.45, 2.75) is 13.5 Å². The van der Waals surface area contributed by atoms with Crippen LogP contribution >= 0.6 is 15.9 Å². The largest absolute Gasteiger partial charge is 0.506 e. The standard InChI is InChI=1S/C24H18BrNO5/c1-14-19(30-13-15-6-3-2-4-7-15)11-10-18-21(27)20(24(29)31-22(14)18)23(28)26-17-9-5-8-16(25)12-17/h2-12,27H,13H2,1H3,(H,26,28). The highest BCUT2D eigenvalue weighted by atomic mass is 79.9. The first-order chi connectivity index (χ1) is 14.9. The van der Waals surface area contributed by atoms with Gasteiger partial charge in [-0.05, 0) is 42.8 Å². The number of halogens is 1. The van der Waals surface area contributed by atoms with Crippen molar-refractivity contribution in [3.05, 3.63) is 98.3 Å². The Labute approximate surface area is 186 Å². The van der Waals surface area contributed by atoms with Crippen LogP contribution in [0, 0.1) is 6.92 Å². The Morgan fingerprint density at radius 1 is 1.10 bits per heavy atom. The van der Waals surface area contributed by atoms with Gasteiger partial charge in [-0.25, -0.2) is 4.79 Å². The Morgan fingerprint density at radius 3 is 2.61 bits per heavy atom. The lowest BCUT2D eigenvalue weighted by Gasteiger charge is -2.13. The average molecular weight is 480 g/mol. The van der Waals surface area contributed by atoms with Crippen molar-refractivity contribution in [1.82, 2.24) is 0 Å². The molecule has 4 rings (SSSR count). The van der Waals surface area contributed by atoms with Crippen molar-refractivity contribution in [2.75, 3.05) is 5.32 Å². The molecule has 0 atom stereocenters. The number of aromatic hydroxyl groups is 1. The summed E-state index contributed by atoms with van der Waals surface area (Å²) < 4.78 is 12.0. The van der Waals surface area contributed by atoms with Crippen LogP contribution in [0.2, 0.25) is 0 Å². The summed E-state index contributed by atoms with van der Waals surface area (Å²) in [6.45, 7) is 2.07. The van der Waals surface area contributed by atoms with Crippen LogP contribution in [0.15, 0.2) is 80.4 Å². The van der Waals surface area contributed by atoms with Crippen molar-refractivity contribution in [1.29, 1.82) is 0 Å². The van der Waals surface area contributed by atoms with Crippen LogP contribution < -0.4 is 15.7 Å². The maximum Gasteiger partial charge on any atom is 0.353 e. The minimum atomic E-state index is -0.930. The molecule has 0 unspecified atom stereocenters. The zero-order valence-corrected chi connectivity index (χ0v) is 18.1. The van der Waals surface area contributed by atoms with E-state index in [1.54, 1.807) is 43.3 Å². The minimum absolute atomic E-state index is 0.173. The second-order valence-corrected chi connectivity index (χ2v) is 7.83. The molecule has 0 saturated heterocycles. The highest BCUT2D eigenvalue weighted by Crippen LogP contribution is 2.33. The number of rotatable bonds is 5. The topological polar surface area (TPSA) is 88.8 Å². The fraction of sp³-hybridized carbons (Fsp3) is 0.0833. The molecule has 0 aliphatic heterocycles. The summed E-state index contributed by atoms with van der Waals surface area (Å²) in [5.74, 6) is -0.671. The fourth-order valence-corrected chi connectivity index (χ4v) is 3.62. The number of aryl methyl sites for hydroxylation is 1. The van der Waals surface area contributed by atoms with Crippen LogP contribution in [0.25, 0.3) is 11.0 Å². The highest BCUT2D eigenvalue weighted by Gasteiger charge is 2.23. The lowest BCUT2D eigenvalue weighted by atomic mass is 10.1. The van der Waals surface area contributed by atoms with Gasteiger partial charge in [0.05, 0.1) is 5.39 Å². The maximum atomic E-state index is 12.7. The fourth-order valence-electron chi connectivity index (χ4n) is 3.22. The smallest absolute Gasteiger partial charge is 0.353 e. The van der Waals surface area contributed by atoms with E-state index in [2.05, 4.69) is 21.2 Å². The van der Waals surface area contributed by atoms with E-state index in [-0.39, 0.29) is 11.0 Å². The molecule has 1 heterocycles. The van der Waals surface area contributed by atoms with Crippen molar-refractivity contribution in [3.8, 4) is 11.5 Å². The van der Waals surface area contributed by atoms with Gasteiger partial charge >= 0.3 is 5.63 Å². The predicted molar refractivity (Wildman–Crippen MR) is 122 cm³/mol. The number of hydrogen-bond acceptors (Lipinski definition) is 5. The number of carbonyl (C=O) groups excluding carboxylic acids is 1. The third kappa shape index (κ3) is 4.32. The number of fused-ring (bicyclic) bond motifs is 1. The summed E-state index contributed by atoms with van der Waals surface area (Å²) in [5.41, 5.74) is 0.808. The summed E-state index contributed by atoms with van der Waals surface area (Å²) >= 11 is 3.32. The van der Waals surface area contributed by atoms with Gasteiger partial charge in [0.15, 0.2) is 5.56 Å². The van der Waals surface area contributed by atoms with Gasteiger partial charge < -0.3 is 19.6 Å². The molecular weight excluding hydrogens is 462 g/mol. The predicted octanol–water partition coefficient (Wildman–Crippen LogP) is 5.40. The second-order valence-electron chi connectivity index (χ2n) is 6.92. The van der Waals surface area contributed by atoms with E-state index in [1.807, 2.05) is 30.3 Å². The van der Waals surface area contributed by atoms with Gasteiger partial charge in [0.1, 0.15) is 23.7 Å². The maximum absolute atomic E-state index is 12.7. The Bertz CT molecular complexity index is 1330. The van der Waals surface area contributed by atoms with E-state index >= 15 is 0 Å². The molecule has 0 fully saturated rings. The first-order valence-corrected chi connectivity index (χ1v) is 10.3. The van der Waals surface area contributed by atoms with Gasteiger partial charge in [0.2, 0.25) is 0 Å². The van der Waals surface area contributed by atoms with E-state index < -0.39 is 22.8 Å². The zero-order valence-electron chi connectivity index (χ0n) is 16.5. The quantitative estimate of drug-likeness (QED) is 0.374. The Morgan fingerprint density at radius 2 is 1.87 bits per heavy atom. The molecule has 7 heteroatoms. The zero-order chi connectivity index (χ0) is 22.0. The molecule has 156 valence electrons. The summed E-state index contributed by atoms with van der Waals surface area (Å²) in [7, 11) is 0. The van der Waals surface area contributed by atoms with E-state index in [1.165, 1.54) is 0 Å². The van der Waals surface area contributed by atoms with Crippen LogP contribution in [-0.2, 0) is 6.61 Å². The lowest BCUT2D eigenvalue weighted by Crippen LogP contribution is -2.21. The van der Waals surface area contributed by atoms with Crippen molar-refractivity contribution in [2.24, 2.45) is 0 Å². The van der Waals surface area contributed by atoms with Gasteiger partial charge in [-0.15, -0.1) is 0 Å². The number of carbonyl (C=O) groups is 1. The molecule has 2 N–H and O–H groups in total. The summed E-state index contributed by atoms with van der Waals surface area (Å²) in [4.78, 5) is 25.2. The Balaban J connectivity index is 1.67. The van der Waals surface area contributed by atoms with Gasteiger partial charge in [-0.1, -0.05) is 52.3 Å². The molecule has 0 aliphatic carbocycles. The molecule has 1 amide bonds. The summed E-state index contributed by atoms with van der Waals surface area (Å²) in [6, 6.07) is 19.8. The molecule has 4 aromatic rings. The first-order valence-electron chi connectivity index (χ1n) is 9.47. The monoisotopic (exact) mass is 479 g/mol. The van der Waals surface area contributed by atoms with E-state index in [4.69, 9.17) is 9.15 Å². The number of anilines is 1. The second kappa shape index (κ2) is 8.65. The number of amides is 1. The number of benzene rings is 3. The first kappa shape index (κ1) is 20.7. The van der Waals surface area contributed by atoms with E-state index in [0.29, 0.717) is 23.6 Å². The molecule has 6 nitrogen and oxygen atoms in total. The van der Waals surface area contributed by atoms with E-state index in [0.717, 1.165) is 10.0 Å². The van der Waals surface area contributed by atoms with Gasteiger partial charge in [0, 0.05) is 15.7 Å². The SMILES string of the molecule is Cc1c(OCc2ccccc2)ccc2c(O)c(C(=O)Nc3cccc(Br)c3)c(=O)oc12. The Hall–Kier alpha value is -3.58. The summed E-state index contributed by atoms with van der Waals surface area (Å²) in [5, 5.41) is 13.5. The van der Waals surface area contributed by atoms with Crippen LogP contribution in [-0.4, -0.2) is 11.0 Å². The minimum Gasteiger partial charge on any atom is -0.506 e. The molecule has 0 spiro atoms. The molecular formula is C24H18BrNO5. The van der Waals surface area contributed by atoms with Crippen molar-refractivity contribution in [3.63, 3.8) is 0 Å². The van der Waals surface area contributed by atoms with Crippen molar-refractivity contribution >= 4 is 38.5 Å². The molecule has 3 aromatic carbocycles. The average Bonchev–Trinajstić information content (AvgIpc) is 2.74. The normalized spacial score (nSPS) is 10.8. The highest BCUT2D eigenvalue weighted by molar-refractivity contribution is 9.10. The molecule has 0 bridgehead atoms. The van der Waals surface area contributed by atoms with Crippen LogP contribution in [0.5, 0.6) is 11.5 Å². The number of hydrogen-bond donors (Lipinski definition) is 2. The third-order valence-corrected chi connectivity index (χ3v) is 5.29. The Kier molecular flexibility index (Phi) is 5.77. The molecule has 1 aromatic heterocycles. The summed E-state index contributed by atoms with van der Waals surface area (Å²) in [6.07, 6.45) is 0. The van der Waals surface area contributed by atoms with Gasteiger partial charge in [-0.2, -0.15) is 0 Å². The van der Waals surface area contributed by atoms with Gasteiger partial charge in [-0.3, -0.25) is 4.79 Å². The molecule has 0 radical (unpaired) electrons. The molecule has 0 aliphatic rings. The van der Waals surface area contributed by atoms with Crippen LogP contribution in [0.1, 0.15) is 21.5 Å². The third-order valence-electron chi connectivity index (χ3n) is 4.79. The lowest BCUT2D eigenvalue weighted by molar-refractivity contribution is 0.102. The molecule has 31 heavy (non-hydrogen) atoms. The van der Waals surface area contributed by atoms with E-state index in [9.17, 15) is 14.7 Å². The van der Waals surface area contributed by atoms with Crippen LogP contribution in [0.4, 0.5) is 5.69 Å². The van der Waals surface area contributed by atoms with Crippen molar-refractivity contribution < 1.29 is 19.1 Å².